The van der Waals surface area contributed by atoms with Crippen LogP contribution in [0.1, 0.15) is 26.7 Å². The molecule has 5 atom stereocenters. The van der Waals surface area contributed by atoms with E-state index in [1.807, 2.05) is 0 Å². The second-order valence-corrected chi connectivity index (χ2v) is 7.73. The molecular formula is C16H40N6O4S2. The molecule has 0 bridgehead atoms. The number of rotatable bonds is 19. The van der Waals surface area contributed by atoms with Crippen LogP contribution in [-0.2, 0) is 9.47 Å². The summed E-state index contributed by atoms with van der Waals surface area (Å²) in [6, 6.07) is 0.191. The molecule has 0 rings (SSSR count). The van der Waals surface area contributed by atoms with Gasteiger partial charge in [0.1, 0.15) is 0 Å². The number of hydrazine groups is 1. The van der Waals surface area contributed by atoms with E-state index in [-0.39, 0.29) is 24.1 Å². The van der Waals surface area contributed by atoms with Crippen molar-refractivity contribution in [1.82, 2.24) is 21.5 Å². The number of nitrogens with one attached hydrogen (secondary N) is 4. The molecule has 0 amide bonds. The minimum Gasteiger partial charge on any atom is -0.378 e. The average Bonchev–Trinajstić information content (AvgIpc) is 2.61. The number of hydrogen-bond donors (Lipinski definition) is 10. The lowest BCUT2D eigenvalue weighted by Crippen LogP contribution is -2.56. The van der Waals surface area contributed by atoms with Gasteiger partial charge in [0, 0.05) is 25.2 Å². The van der Waals surface area contributed by atoms with E-state index in [9.17, 15) is 0 Å². The number of ether oxygens (including phenoxy) is 2. The van der Waals surface area contributed by atoms with Crippen LogP contribution >= 0.6 is 25.3 Å². The molecule has 3 unspecified atom stereocenters. The second kappa shape index (κ2) is 18.1. The lowest BCUT2D eigenvalue weighted by molar-refractivity contribution is -0.0525. The maximum absolute atomic E-state index is 9.01. The quantitative estimate of drug-likeness (QED) is 0.0473. The molecule has 0 aliphatic rings. The Bertz CT molecular complexity index is 359. The van der Waals surface area contributed by atoms with Crippen LogP contribution in [-0.4, -0.2) is 79.1 Å². The average molecular weight is 445 g/mol. The van der Waals surface area contributed by atoms with Gasteiger partial charge in [0.15, 0.2) is 6.35 Å². The first-order chi connectivity index (χ1) is 13.3. The Hall–Kier alpha value is 0.300. The molecule has 10 nitrogen and oxygen atoms in total. The van der Waals surface area contributed by atoms with Gasteiger partial charge in [0.05, 0.1) is 25.2 Å². The molecular weight excluding hydrogens is 404 g/mol. The Morgan fingerprint density at radius 1 is 1.07 bits per heavy atom. The fourth-order valence-corrected chi connectivity index (χ4v) is 3.19. The van der Waals surface area contributed by atoms with Crippen LogP contribution in [0, 0.1) is 5.92 Å². The number of hydrogen-bond acceptors (Lipinski definition) is 12. The Morgan fingerprint density at radius 3 is 2.36 bits per heavy atom. The summed E-state index contributed by atoms with van der Waals surface area (Å²) in [5.41, 5.74) is 16.5. The Balaban J connectivity index is 4.06. The maximum atomic E-state index is 9.01. The van der Waals surface area contributed by atoms with Gasteiger partial charge in [-0.25, -0.2) is 0 Å². The van der Waals surface area contributed by atoms with Crippen LogP contribution in [0.4, 0.5) is 0 Å². The highest BCUT2D eigenvalue weighted by molar-refractivity contribution is 7.81. The van der Waals surface area contributed by atoms with Crippen molar-refractivity contribution in [1.29, 1.82) is 0 Å². The van der Waals surface area contributed by atoms with Gasteiger partial charge >= 0.3 is 0 Å². The zero-order valence-corrected chi connectivity index (χ0v) is 18.7. The van der Waals surface area contributed by atoms with E-state index in [4.69, 9.17) is 43.8 Å². The van der Waals surface area contributed by atoms with Crippen molar-refractivity contribution in [3.05, 3.63) is 0 Å². The number of aliphatic hydroxyl groups excluding tert-OH is 2. The van der Waals surface area contributed by atoms with Gasteiger partial charge in [-0.3, -0.25) is 21.9 Å². The predicted molar refractivity (Wildman–Crippen MR) is 118 cm³/mol. The number of aliphatic hydroxyl groups is 2. The highest BCUT2D eigenvalue weighted by atomic mass is 32.1. The summed E-state index contributed by atoms with van der Waals surface area (Å²) in [6.45, 7) is 7.14. The lowest BCUT2D eigenvalue weighted by Gasteiger charge is -2.32. The molecule has 0 spiro atoms. The van der Waals surface area contributed by atoms with E-state index >= 15 is 0 Å². The third-order valence-electron chi connectivity index (χ3n) is 3.97. The van der Waals surface area contributed by atoms with Crippen LogP contribution < -0.4 is 33.0 Å². The summed E-state index contributed by atoms with van der Waals surface area (Å²) in [5, 5.41) is 24.0. The highest BCUT2D eigenvalue weighted by Crippen LogP contribution is 2.11. The summed E-state index contributed by atoms with van der Waals surface area (Å²) in [7, 11) is 0. The fraction of sp³-hybridized carbons (Fsp3) is 1.00. The smallest absolute Gasteiger partial charge is 0.201 e. The summed E-state index contributed by atoms with van der Waals surface area (Å²) >= 11 is 8.40. The maximum Gasteiger partial charge on any atom is 0.201 e. The zero-order valence-electron chi connectivity index (χ0n) is 16.9. The van der Waals surface area contributed by atoms with E-state index < -0.39 is 12.0 Å². The Morgan fingerprint density at radius 2 is 1.79 bits per heavy atom. The van der Waals surface area contributed by atoms with Gasteiger partial charge in [-0.15, -0.1) is 12.6 Å². The molecule has 0 radical (unpaired) electrons. The van der Waals surface area contributed by atoms with Crippen LogP contribution in [0.25, 0.3) is 0 Å². The molecule has 12 heteroatoms. The zero-order chi connectivity index (χ0) is 21.4. The minimum atomic E-state index is -1.07. The molecule has 0 heterocycles. The third-order valence-corrected chi connectivity index (χ3v) is 4.59. The first kappa shape index (κ1) is 28.3. The van der Waals surface area contributed by atoms with Crippen molar-refractivity contribution in [2.75, 3.05) is 39.5 Å². The van der Waals surface area contributed by atoms with E-state index in [0.717, 1.165) is 12.8 Å². The molecule has 0 aromatic carbocycles. The normalized spacial score (nSPS) is 17.5. The molecule has 28 heavy (non-hydrogen) atoms. The van der Waals surface area contributed by atoms with Crippen LogP contribution in [0.3, 0.4) is 0 Å². The van der Waals surface area contributed by atoms with E-state index in [1.54, 1.807) is 0 Å². The molecule has 0 saturated heterocycles. The molecule has 170 valence electrons. The van der Waals surface area contributed by atoms with Crippen molar-refractivity contribution in [2.45, 2.75) is 56.1 Å². The van der Waals surface area contributed by atoms with E-state index in [0.29, 0.717) is 38.8 Å². The van der Waals surface area contributed by atoms with Gasteiger partial charge < -0.3 is 30.7 Å². The topological polar surface area (TPSA) is 159 Å². The third kappa shape index (κ3) is 16.1. The monoisotopic (exact) mass is 444 g/mol. The van der Waals surface area contributed by atoms with Gasteiger partial charge in [0.25, 0.3) is 0 Å². The standard InChI is InChI=1S/C16H40N6O4S2/c1-11(2)13(22-20-6-7-25-8-9-26-16(24)28)14(27)21-12(10-17)4-3-5-19-15(18)23/h11-16,19-24,27-28H,3-10,17-18H2,1-2H3/t12-,13-,14?,15?,16?/m0/s1. The number of thiol groups is 2. The van der Waals surface area contributed by atoms with Crippen molar-refractivity contribution in [3.8, 4) is 0 Å². The molecule has 0 saturated carbocycles. The summed E-state index contributed by atoms with van der Waals surface area (Å²) in [4.78, 5) is 0. The molecule has 0 aliphatic heterocycles. The molecule has 0 aromatic heterocycles. The SMILES string of the molecule is CC(C)[C@H](NNCCOCCOC(O)S)C(S)N[C@H](CN)CCCNC(N)O. The van der Waals surface area contributed by atoms with Crippen LogP contribution in [0.15, 0.2) is 0 Å². The van der Waals surface area contributed by atoms with Gasteiger partial charge in [-0.2, -0.15) is 12.6 Å². The van der Waals surface area contributed by atoms with E-state index in [2.05, 4.69) is 48.0 Å². The van der Waals surface area contributed by atoms with Crippen LogP contribution in [0.5, 0.6) is 0 Å². The van der Waals surface area contributed by atoms with Crippen molar-refractivity contribution in [2.24, 2.45) is 17.4 Å². The largest absolute Gasteiger partial charge is 0.378 e. The Labute approximate surface area is 179 Å². The summed E-state index contributed by atoms with van der Waals surface area (Å²) in [6.07, 6.45) is 0.698. The summed E-state index contributed by atoms with van der Waals surface area (Å²) < 4.78 is 10.2. The molecule has 0 aliphatic carbocycles. The molecule has 0 fully saturated rings. The molecule has 10 N–H and O–H groups in total. The van der Waals surface area contributed by atoms with Crippen molar-refractivity contribution >= 4 is 25.3 Å². The predicted octanol–water partition coefficient (Wildman–Crippen LogP) is -1.88. The second-order valence-electron chi connectivity index (χ2n) is 6.74. The van der Waals surface area contributed by atoms with Gasteiger partial charge in [-0.1, -0.05) is 13.8 Å². The highest BCUT2D eigenvalue weighted by Gasteiger charge is 2.23. The van der Waals surface area contributed by atoms with Gasteiger partial charge in [0.2, 0.25) is 5.62 Å². The fourth-order valence-electron chi connectivity index (χ4n) is 2.45. The van der Waals surface area contributed by atoms with Crippen molar-refractivity contribution < 1.29 is 19.7 Å². The first-order valence-electron chi connectivity index (χ1n) is 9.63. The molecule has 0 aromatic rings. The van der Waals surface area contributed by atoms with Crippen molar-refractivity contribution in [3.63, 3.8) is 0 Å². The van der Waals surface area contributed by atoms with E-state index in [1.165, 1.54) is 0 Å². The minimum absolute atomic E-state index is 0.0732. The number of nitrogens with two attached hydrogens (primary N) is 2. The lowest BCUT2D eigenvalue weighted by atomic mass is 10.0. The van der Waals surface area contributed by atoms with Crippen LogP contribution in [0.2, 0.25) is 0 Å². The summed E-state index contributed by atoms with van der Waals surface area (Å²) in [5.74, 6) is 0.334. The first-order valence-corrected chi connectivity index (χ1v) is 10.7. The Kier molecular flexibility index (Phi) is 18.3. The van der Waals surface area contributed by atoms with Gasteiger partial charge in [-0.05, 0) is 25.3 Å².